The number of carbonyl (C=O) groups excluding carboxylic acids is 2. The zero-order valence-corrected chi connectivity index (χ0v) is 17.2. The fourth-order valence-corrected chi connectivity index (χ4v) is 3.81. The number of amides is 3. The van der Waals surface area contributed by atoms with Gasteiger partial charge >= 0.3 is 6.09 Å². The lowest BCUT2D eigenvalue weighted by Crippen LogP contribution is -2.42. The maximum atomic E-state index is 12.1. The number of morpholine rings is 1. The Balaban J connectivity index is 1.60. The quantitative estimate of drug-likeness (QED) is 0.611. The van der Waals surface area contributed by atoms with Gasteiger partial charge in [0, 0.05) is 29.3 Å². The number of carboxylic acid groups (broad SMARTS) is 1. The first-order valence-electron chi connectivity index (χ1n) is 9.36. The van der Waals surface area contributed by atoms with Gasteiger partial charge in [-0.1, -0.05) is 0 Å². The predicted octanol–water partition coefficient (Wildman–Crippen LogP) is 1.70. The molecule has 0 spiro atoms. The van der Waals surface area contributed by atoms with Gasteiger partial charge in [-0.25, -0.2) is 4.79 Å². The highest BCUT2D eigenvalue weighted by Gasteiger charge is 2.22. The molecule has 2 heterocycles. The molecule has 0 bridgehead atoms. The van der Waals surface area contributed by atoms with Crippen LogP contribution in [-0.4, -0.2) is 67.1 Å². The van der Waals surface area contributed by atoms with Crippen molar-refractivity contribution in [3.8, 4) is 0 Å². The van der Waals surface area contributed by atoms with Gasteiger partial charge in [-0.05, 0) is 43.3 Å². The van der Waals surface area contributed by atoms with Crippen LogP contribution in [0, 0.1) is 6.92 Å². The third kappa shape index (κ3) is 5.35. The van der Waals surface area contributed by atoms with Crippen molar-refractivity contribution in [1.82, 2.24) is 5.32 Å². The number of rotatable bonds is 7. The molecule has 2 aromatic rings. The van der Waals surface area contributed by atoms with Crippen LogP contribution >= 0.6 is 11.3 Å². The highest BCUT2D eigenvalue weighted by molar-refractivity contribution is 7.13. The molecule has 9 nitrogen and oxygen atoms in total. The SMILES string of the molecule is Cc1ccc(C(=O)NCC(O)CN(C(=O)O)c2ccc(N3CCOCC3=O)cc2)s1. The molecule has 10 heteroatoms. The number of aliphatic hydroxyl groups is 1. The van der Waals surface area contributed by atoms with E-state index in [0.29, 0.717) is 29.4 Å². The third-order valence-corrected chi connectivity index (χ3v) is 5.54. The van der Waals surface area contributed by atoms with E-state index in [0.717, 1.165) is 9.78 Å². The molecule has 1 aromatic heterocycles. The lowest BCUT2D eigenvalue weighted by Gasteiger charge is -2.28. The average Bonchev–Trinajstić information content (AvgIpc) is 3.17. The Morgan fingerprint density at radius 2 is 2.00 bits per heavy atom. The molecule has 1 aliphatic heterocycles. The fraction of sp³-hybridized carbons (Fsp3) is 0.350. The maximum Gasteiger partial charge on any atom is 0.411 e. The predicted molar refractivity (Wildman–Crippen MR) is 112 cm³/mol. The first-order valence-corrected chi connectivity index (χ1v) is 10.2. The highest BCUT2D eigenvalue weighted by Crippen LogP contribution is 2.22. The lowest BCUT2D eigenvalue weighted by atomic mass is 10.2. The third-order valence-electron chi connectivity index (χ3n) is 4.55. The van der Waals surface area contributed by atoms with Gasteiger partial charge in [-0.3, -0.25) is 14.5 Å². The van der Waals surface area contributed by atoms with Crippen molar-refractivity contribution in [2.24, 2.45) is 0 Å². The monoisotopic (exact) mass is 433 g/mol. The van der Waals surface area contributed by atoms with Crippen molar-refractivity contribution in [1.29, 1.82) is 0 Å². The molecular weight excluding hydrogens is 410 g/mol. The minimum atomic E-state index is -1.23. The Morgan fingerprint density at radius 3 is 2.60 bits per heavy atom. The number of aliphatic hydroxyl groups excluding tert-OH is 1. The van der Waals surface area contributed by atoms with E-state index in [2.05, 4.69) is 5.32 Å². The second kappa shape index (κ2) is 9.70. The molecule has 1 saturated heterocycles. The Kier molecular flexibility index (Phi) is 7.03. The van der Waals surface area contributed by atoms with Gasteiger partial charge in [0.1, 0.15) is 6.61 Å². The summed E-state index contributed by atoms with van der Waals surface area (Å²) in [5.74, 6) is -0.468. The number of carbonyl (C=O) groups is 3. The smallest absolute Gasteiger partial charge is 0.411 e. The largest absolute Gasteiger partial charge is 0.465 e. The van der Waals surface area contributed by atoms with Crippen molar-refractivity contribution in [2.45, 2.75) is 13.0 Å². The molecule has 160 valence electrons. The van der Waals surface area contributed by atoms with E-state index in [1.165, 1.54) is 11.3 Å². The molecule has 1 fully saturated rings. The summed E-state index contributed by atoms with van der Waals surface area (Å²) < 4.78 is 5.11. The van der Waals surface area contributed by atoms with E-state index in [9.17, 15) is 24.6 Å². The van der Waals surface area contributed by atoms with Crippen LogP contribution in [0.4, 0.5) is 16.2 Å². The van der Waals surface area contributed by atoms with Gasteiger partial charge in [-0.2, -0.15) is 0 Å². The first-order chi connectivity index (χ1) is 14.3. The molecule has 1 aromatic carbocycles. The summed E-state index contributed by atoms with van der Waals surface area (Å²) in [4.78, 5) is 39.8. The number of hydrogen-bond donors (Lipinski definition) is 3. The molecule has 3 rings (SSSR count). The summed E-state index contributed by atoms with van der Waals surface area (Å²) in [6.07, 6.45) is -2.32. The van der Waals surface area contributed by atoms with Crippen LogP contribution in [0.15, 0.2) is 36.4 Å². The average molecular weight is 433 g/mol. The normalized spacial score (nSPS) is 15.0. The number of anilines is 2. The Hall–Kier alpha value is -2.95. The van der Waals surface area contributed by atoms with Crippen LogP contribution in [0.3, 0.4) is 0 Å². The van der Waals surface area contributed by atoms with Gasteiger partial charge in [0.05, 0.1) is 24.1 Å². The maximum absolute atomic E-state index is 12.1. The van der Waals surface area contributed by atoms with Crippen LogP contribution in [0.5, 0.6) is 0 Å². The molecule has 0 radical (unpaired) electrons. The molecular formula is C20H23N3O6S. The number of benzene rings is 1. The van der Waals surface area contributed by atoms with Crippen molar-refractivity contribution in [3.05, 3.63) is 46.2 Å². The summed E-state index contributed by atoms with van der Waals surface area (Å²) in [6.45, 7) is 2.49. The van der Waals surface area contributed by atoms with E-state index in [1.54, 1.807) is 35.2 Å². The van der Waals surface area contributed by atoms with E-state index in [-0.39, 0.29) is 31.5 Å². The zero-order valence-electron chi connectivity index (χ0n) is 16.4. The molecule has 1 unspecified atom stereocenters. The molecule has 30 heavy (non-hydrogen) atoms. The molecule has 3 N–H and O–H groups in total. The van der Waals surface area contributed by atoms with E-state index in [4.69, 9.17) is 4.74 Å². The molecule has 3 amide bonds. The standard InChI is InChI=1S/C20H23N3O6S/c1-13-2-7-17(30-13)19(26)21-10-16(24)11-23(20(27)28)15-5-3-14(4-6-15)22-8-9-29-12-18(22)25/h2-7,16,24H,8-12H2,1H3,(H,21,26)(H,27,28). The van der Waals surface area contributed by atoms with Crippen molar-refractivity contribution in [2.75, 3.05) is 42.6 Å². The summed E-state index contributed by atoms with van der Waals surface area (Å²) in [5, 5.41) is 22.4. The second-order valence-corrected chi connectivity index (χ2v) is 8.07. The second-order valence-electron chi connectivity index (χ2n) is 6.78. The topological polar surface area (TPSA) is 119 Å². The van der Waals surface area contributed by atoms with E-state index >= 15 is 0 Å². The summed E-state index contributed by atoms with van der Waals surface area (Å²) >= 11 is 1.34. The summed E-state index contributed by atoms with van der Waals surface area (Å²) in [5.41, 5.74) is 1.00. The highest BCUT2D eigenvalue weighted by atomic mass is 32.1. The number of ether oxygens (including phenoxy) is 1. The molecule has 1 aliphatic rings. The molecule has 0 aliphatic carbocycles. The Labute approximate surface area is 177 Å². The number of hydrogen-bond acceptors (Lipinski definition) is 6. The van der Waals surface area contributed by atoms with E-state index in [1.807, 2.05) is 13.0 Å². The Morgan fingerprint density at radius 1 is 1.27 bits per heavy atom. The minimum absolute atomic E-state index is 0.0198. The number of thiophene rings is 1. The van der Waals surface area contributed by atoms with Gasteiger partial charge in [-0.15, -0.1) is 11.3 Å². The van der Waals surface area contributed by atoms with Crippen LogP contribution in [0.2, 0.25) is 0 Å². The van der Waals surface area contributed by atoms with Gasteiger partial charge < -0.3 is 25.2 Å². The number of nitrogens with one attached hydrogen (secondary N) is 1. The number of nitrogens with zero attached hydrogens (tertiary/aromatic N) is 2. The van der Waals surface area contributed by atoms with Crippen molar-refractivity contribution < 1.29 is 29.3 Å². The van der Waals surface area contributed by atoms with Crippen LogP contribution < -0.4 is 15.1 Å². The Bertz CT molecular complexity index is 914. The first kappa shape index (κ1) is 21.8. The summed E-state index contributed by atoms with van der Waals surface area (Å²) in [7, 11) is 0. The fourth-order valence-electron chi connectivity index (χ4n) is 3.03. The zero-order chi connectivity index (χ0) is 21.7. The molecule has 1 atom stereocenters. The van der Waals surface area contributed by atoms with Crippen LogP contribution in [0.1, 0.15) is 14.5 Å². The lowest BCUT2D eigenvalue weighted by molar-refractivity contribution is -0.125. The number of aryl methyl sites for hydroxylation is 1. The van der Waals surface area contributed by atoms with Gasteiger partial charge in [0.15, 0.2) is 0 Å². The van der Waals surface area contributed by atoms with Crippen molar-refractivity contribution in [3.63, 3.8) is 0 Å². The van der Waals surface area contributed by atoms with Crippen molar-refractivity contribution >= 4 is 40.6 Å². The minimum Gasteiger partial charge on any atom is -0.465 e. The van der Waals surface area contributed by atoms with Crippen LogP contribution in [0.25, 0.3) is 0 Å². The van der Waals surface area contributed by atoms with Crippen LogP contribution in [-0.2, 0) is 9.53 Å². The summed E-state index contributed by atoms with van der Waals surface area (Å²) in [6, 6.07) is 9.99. The van der Waals surface area contributed by atoms with Gasteiger partial charge in [0.2, 0.25) is 0 Å². The van der Waals surface area contributed by atoms with Gasteiger partial charge in [0.25, 0.3) is 11.8 Å². The molecule has 0 saturated carbocycles. The van der Waals surface area contributed by atoms with E-state index < -0.39 is 12.2 Å².